The number of carbonyl (C=O) groups is 6. The molecule has 5 heterocycles. The first-order valence-corrected chi connectivity index (χ1v) is 23.9. The molecule has 6 N–H and O–H groups in total. The summed E-state index contributed by atoms with van der Waals surface area (Å²) in [4.78, 5) is 74.8. The second kappa shape index (κ2) is 23.3. The minimum atomic E-state index is -1.74. The number of aliphatic hydroxyl groups excluding tert-OH is 4. The molecule has 23 nitrogen and oxygen atoms in total. The van der Waals surface area contributed by atoms with Crippen molar-refractivity contribution in [2.45, 2.75) is 96.9 Å². The zero-order chi connectivity index (χ0) is 50.2. The average molecular weight is 1020 g/mol. The number of carbonyl (C=O) groups excluding carboxylic acids is 5. The second-order valence-corrected chi connectivity index (χ2v) is 18.5. The van der Waals surface area contributed by atoms with Crippen molar-refractivity contribution >= 4 is 59.2 Å². The molecule has 376 valence electrons. The van der Waals surface area contributed by atoms with Crippen LogP contribution in [0.1, 0.15) is 44.2 Å². The van der Waals surface area contributed by atoms with E-state index in [4.69, 9.17) is 24.1 Å². The van der Waals surface area contributed by atoms with E-state index < -0.39 is 133 Å². The molecule has 27 heteroatoms. The first-order valence-electron chi connectivity index (χ1n) is 21.7. The minimum Gasteiger partial charge on any atom is -0.481 e. The Hall–Kier alpha value is -5.94. The lowest BCUT2D eigenvalue weighted by Gasteiger charge is -2.46. The molecular formula is C43H48F2N8O15S2. The molecule has 3 fully saturated rings. The number of halogens is 2. The molecule has 2 aromatic carbocycles. The third kappa shape index (κ3) is 12.5. The number of benzene rings is 2. The van der Waals surface area contributed by atoms with Crippen LogP contribution in [-0.2, 0) is 47.7 Å². The molecular weight excluding hydrogens is 971 g/mol. The van der Waals surface area contributed by atoms with Gasteiger partial charge < -0.3 is 49.8 Å². The Labute approximate surface area is 404 Å². The molecule has 0 bridgehead atoms. The maximum Gasteiger partial charge on any atom is 0.306 e. The standard InChI is InChI=1S/C43H48F2N8O15S2/c1-69-29-16-31(55)51(41(29)64)13-12-46-30(54)8-10-33(58)65-19-27-37(60)35(52-17-25(47-49-52)21-4-2-6-23(44)14-21)39(62)42(67-27)70-43-40(63)36(38(61)28(68-43)20-66-34(59)11-9-32(56)57)53-18-26(48-50-53)22-5-3-7-24(45)15-22/h2-7,14-15,17-18,27-29,35-40,42-43,60-63H,8-13,16,19-20H2,1H3,(H,46,54)(H,56,57)/t27-,28-,29?,35+,36+,37+,38+,39-,40-,42+,43+/m1/s1. The Morgan fingerprint density at radius 3 is 1.71 bits per heavy atom. The lowest BCUT2D eigenvalue weighted by molar-refractivity contribution is -0.196. The summed E-state index contributed by atoms with van der Waals surface area (Å²) in [5.41, 5.74) is -2.10. The molecule has 4 aromatic rings. The highest BCUT2D eigenvalue weighted by molar-refractivity contribution is 8.00. The van der Waals surface area contributed by atoms with Gasteiger partial charge in [-0.2, -0.15) is 11.8 Å². The number of carboxylic acids is 1. The van der Waals surface area contributed by atoms with Crippen LogP contribution in [0.4, 0.5) is 8.78 Å². The number of likely N-dealkylation sites (tertiary alicyclic amines) is 1. The van der Waals surface area contributed by atoms with Crippen LogP contribution in [0.3, 0.4) is 0 Å². The quantitative estimate of drug-likeness (QED) is 0.0510. The SMILES string of the molecule is CSC1CC(=O)N(CCNC(=O)CCC(=O)OC[C@H]2O[C@@H](S[C@@H]3O[C@H](COC(=O)CCC(=O)O)[C@H](O)[C@H](n4cc(-c5cccc(F)c5)nn4)[C@H]3O)[C@H](O)[C@@H](n3cc(-c4cccc(F)c4)nn3)[C@H]2O)C1=O. The summed E-state index contributed by atoms with van der Waals surface area (Å²) < 4.78 is 53.4. The molecule has 11 atom stereocenters. The van der Waals surface area contributed by atoms with Gasteiger partial charge in [0.2, 0.25) is 17.7 Å². The molecule has 3 aliphatic heterocycles. The molecule has 3 saturated heterocycles. The Morgan fingerprint density at radius 2 is 1.26 bits per heavy atom. The van der Waals surface area contributed by atoms with Gasteiger partial charge in [0.15, 0.2) is 0 Å². The van der Waals surface area contributed by atoms with Crippen LogP contribution in [0.5, 0.6) is 0 Å². The number of aliphatic hydroxyl groups is 4. The fourth-order valence-corrected chi connectivity index (χ4v) is 9.84. The maximum atomic E-state index is 14.2. The van der Waals surface area contributed by atoms with Gasteiger partial charge in [-0.25, -0.2) is 18.1 Å². The summed E-state index contributed by atoms with van der Waals surface area (Å²) >= 11 is 1.90. The van der Waals surface area contributed by atoms with Crippen LogP contribution in [0, 0.1) is 11.6 Å². The van der Waals surface area contributed by atoms with Crippen LogP contribution in [0.15, 0.2) is 60.9 Å². The highest BCUT2D eigenvalue weighted by Gasteiger charge is 2.52. The first-order chi connectivity index (χ1) is 33.5. The number of thioether (sulfide) groups is 2. The van der Waals surface area contributed by atoms with Crippen molar-refractivity contribution in [1.29, 1.82) is 0 Å². The number of imide groups is 1. The number of hydrogen-bond acceptors (Lipinski definition) is 20. The minimum absolute atomic E-state index is 0.0473. The van der Waals surface area contributed by atoms with Gasteiger partial charge in [-0.1, -0.05) is 46.5 Å². The zero-order valence-electron chi connectivity index (χ0n) is 37.0. The van der Waals surface area contributed by atoms with Gasteiger partial charge in [0.25, 0.3) is 0 Å². The topological polar surface area (TPSA) is 317 Å². The Bertz CT molecular complexity index is 2540. The Balaban J connectivity index is 1.08. The highest BCUT2D eigenvalue weighted by atomic mass is 32.2. The van der Waals surface area contributed by atoms with Crippen LogP contribution in [-0.4, -0.2) is 181 Å². The molecule has 3 aliphatic rings. The van der Waals surface area contributed by atoms with Crippen LogP contribution < -0.4 is 5.32 Å². The second-order valence-electron chi connectivity index (χ2n) is 16.3. The summed E-state index contributed by atoms with van der Waals surface area (Å²) in [5.74, 6) is -5.53. The van der Waals surface area contributed by atoms with Crippen molar-refractivity contribution < 1.29 is 82.0 Å². The van der Waals surface area contributed by atoms with Crippen LogP contribution in [0.25, 0.3) is 22.5 Å². The number of ether oxygens (including phenoxy) is 4. The molecule has 0 aliphatic carbocycles. The number of aliphatic carboxylic acids is 1. The van der Waals surface area contributed by atoms with Crippen LogP contribution in [0.2, 0.25) is 0 Å². The fraction of sp³-hybridized carbons (Fsp3) is 0.488. The van der Waals surface area contributed by atoms with E-state index in [1.165, 1.54) is 60.6 Å². The van der Waals surface area contributed by atoms with Crippen molar-refractivity contribution in [3.8, 4) is 22.5 Å². The van der Waals surface area contributed by atoms with E-state index in [9.17, 15) is 58.0 Å². The number of nitrogens with zero attached hydrogens (tertiary/aromatic N) is 7. The molecule has 3 amide bonds. The lowest BCUT2D eigenvalue weighted by atomic mass is 9.97. The van der Waals surface area contributed by atoms with Gasteiger partial charge in [-0.15, -0.1) is 10.2 Å². The average Bonchev–Trinajstić information content (AvgIpc) is 4.08. The number of aromatic nitrogens is 6. The summed E-state index contributed by atoms with van der Waals surface area (Å²) in [5, 5.41) is 74.6. The van der Waals surface area contributed by atoms with Crippen molar-refractivity contribution in [2.24, 2.45) is 0 Å². The third-order valence-corrected chi connectivity index (χ3v) is 13.8. The predicted octanol–water partition coefficient (Wildman–Crippen LogP) is 0.229. The summed E-state index contributed by atoms with van der Waals surface area (Å²) in [6, 6.07) is 7.91. The van der Waals surface area contributed by atoms with Gasteiger partial charge in [0.05, 0.1) is 36.9 Å². The number of nitrogens with one attached hydrogen (secondary N) is 1. The summed E-state index contributed by atoms with van der Waals surface area (Å²) in [6.45, 7) is -1.41. The molecule has 2 aromatic heterocycles. The summed E-state index contributed by atoms with van der Waals surface area (Å²) in [7, 11) is 0. The Kier molecular flexibility index (Phi) is 17.3. The van der Waals surface area contributed by atoms with E-state index in [1.54, 1.807) is 18.4 Å². The van der Waals surface area contributed by atoms with E-state index in [0.717, 1.165) is 14.3 Å². The van der Waals surface area contributed by atoms with Gasteiger partial charge in [0, 0.05) is 37.1 Å². The zero-order valence-corrected chi connectivity index (χ0v) is 38.6. The Morgan fingerprint density at radius 1 is 0.757 bits per heavy atom. The normalized spacial score (nSPS) is 26.8. The van der Waals surface area contributed by atoms with E-state index in [2.05, 4.69) is 25.9 Å². The number of carboxylic acid groups (broad SMARTS) is 1. The van der Waals surface area contributed by atoms with Gasteiger partial charge >= 0.3 is 17.9 Å². The summed E-state index contributed by atoms with van der Waals surface area (Å²) in [6.07, 6.45) is -7.19. The highest BCUT2D eigenvalue weighted by Crippen LogP contribution is 2.42. The van der Waals surface area contributed by atoms with Gasteiger partial charge in [-0.05, 0) is 30.5 Å². The van der Waals surface area contributed by atoms with Crippen molar-refractivity contribution in [3.05, 3.63) is 72.6 Å². The molecule has 0 radical (unpaired) electrons. The smallest absolute Gasteiger partial charge is 0.306 e. The fourth-order valence-electron chi connectivity index (χ4n) is 7.88. The van der Waals surface area contributed by atoms with Crippen molar-refractivity contribution in [1.82, 2.24) is 40.2 Å². The number of esters is 2. The van der Waals surface area contributed by atoms with E-state index in [-0.39, 0.29) is 49.1 Å². The van der Waals surface area contributed by atoms with Gasteiger partial charge in [0.1, 0.15) is 95.8 Å². The largest absolute Gasteiger partial charge is 0.481 e. The van der Waals surface area contributed by atoms with Crippen molar-refractivity contribution in [3.63, 3.8) is 0 Å². The number of hydrogen-bond donors (Lipinski definition) is 6. The van der Waals surface area contributed by atoms with E-state index >= 15 is 0 Å². The maximum absolute atomic E-state index is 14.2. The lowest BCUT2D eigenvalue weighted by Crippen LogP contribution is -2.58. The van der Waals surface area contributed by atoms with E-state index in [1.807, 2.05) is 0 Å². The van der Waals surface area contributed by atoms with Crippen molar-refractivity contribution in [2.75, 3.05) is 32.6 Å². The molecule has 0 spiro atoms. The predicted molar refractivity (Wildman–Crippen MR) is 238 cm³/mol. The molecule has 0 saturated carbocycles. The molecule has 1 unspecified atom stereocenters. The van der Waals surface area contributed by atoms with Crippen LogP contribution >= 0.6 is 23.5 Å². The molecule has 70 heavy (non-hydrogen) atoms. The number of rotatable bonds is 20. The monoisotopic (exact) mass is 1020 g/mol. The third-order valence-electron chi connectivity index (χ3n) is 11.5. The number of amides is 3. The molecule has 7 rings (SSSR count). The van der Waals surface area contributed by atoms with Gasteiger partial charge in [-0.3, -0.25) is 33.7 Å². The first kappa shape index (κ1) is 51.9. The van der Waals surface area contributed by atoms with E-state index in [0.29, 0.717) is 22.9 Å².